The van der Waals surface area contributed by atoms with Gasteiger partial charge in [-0.2, -0.15) is 0 Å². The SMILES string of the molecule is CCc1cc(CN(C)C)c2c(c1)NC(c1cc(C)c(C)c(C)c1)=NCC2. The van der Waals surface area contributed by atoms with E-state index in [1.807, 2.05) is 0 Å². The van der Waals surface area contributed by atoms with Crippen LogP contribution in [0.1, 0.15) is 45.9 Å². The minimum absolute atomic E-state index is 0.827. The standard InChI is InChI=1S/C23H31N3/c1-7-18-12-20(14-26(5)6)21-8-9-24-23(25-22(21)13-18)19-10-15(2)17(4)16(3)11-19/h10-13H,7-9,14H2,1-6H3,(H,24,25). The van der Waals surface area contributed by atoms with Gasteiger partial charge in [-0.15, -0.1) is 0 Å². The Morgan fingerprint density at radius 2 is 1.73 bits per heavy atom. The third-order valence-electron chi connectivity index (χ3n) is 5.38. The first-order valence-electron chi connectivity index (χ1n) is 9.58. The predicted molar refractivity (Wildman–Crippen MR) is 113 cm³/mol. The molecule has 1 heterocycles. The summed E-state index contributed by atoms with van der Waals surface area (Å²) < 4.78 is 0. The van der Waals surface area contributed by atoms with Crippen LogP contribution in [0.4, 0.5) is 5.69 Å². The number of nitrogens with zero attached hydrogens (tertiary/aromatic N) is 2. The maximum Gasteiger partial charge on any atom is 0.132 e. The molecule has 0 unspecified atom stereocenters. The third-order valence-corrected chi connectivity index (χ3v) is 5.38. The minimum Gasteiger partial charge on any atom is -0.340 e. The van der Waals surface area contributed by atoms with E-state index in [0.717, 1.165) is 31.8 Å². The van der Waals surface area contributed by atoms with Crippen LogP contribution in [0.3, 0.4) is 0 Å². The van der Waals surface area contributed by atoms with Crippen molar-refractivity contribution in [2.45, 2.75) is 47.1 Å². The van der Waals surface area contributed by atoms with Crippen LogP contribution in [-0.2, 0) is 19.4 Å². The summed E-state index contributed by atoms with van der Waals surface area (Å²) in [5.74, 6) is 0.999. The highest BCUT2D eigenvalue weighted by Crippen LogP contribution is 2.28. The molecule has 1 aliphatic rings. The van der Waals surface area contributed by atoms with Crippen molar-refractivity contribution < 1.29 is 0 Å². The highest BCUT2D eigenvalue weighted by Gasteiger charge is 2.17. The summed E-state index contributed by atoms with van der Waals surface area (Å²) in [5.41, 5.74) is 10.6. The van der Waals surface area contributed by atoms with Crippen molar-refractivity contribution in [3.63, 3.8) is 0 Å². The number of hydrogen-bond donors (Lipinski definition) is 1. The van der Waals surface area contributed by atoms with E-state index < -0.39 is 0 Å². The second-order valence-electron chi connectivity index (χ2n) is 7.71. The number of nitrogens with one attached hydrogen (secondary N) is 1. The Bertz CT molecular complexity index is 824. The summed E-state index contributed by atoms with van der Waals surface area (Å²) in [7, 11) is 4.27. The molecule has 0 aromatic heterocycles. The van der Waals surface area contributed by atoms with Crippen LogP contribution in [0.5, 0.6) is 0 Å². The molecule has 1 aliphatic heterocycles. The van der Waals surface area contributed by atoms with Crippen LogP contribution < -0.4 is 5.32 Å². The first kappa shape index (κ1) is 18.7. The number of aryl methyl sites for hydroxylation is 3. The van der Waals surface area contributed by atoms with Crippen LogP contribution in [0, 0.1) is 20.8 Å². The van der Waals surface area contributed by atoms with Gasteiger partial charge in [-0.3, -0.25) is 4.99 Å². The van der Waals surface area contributed by atoms with Gasteiger partial charge in [0.15, 0.2) is 0 Å². The maximum absolute atomic E-state index is 4.89. The van der Waals surface area contributed by atoms with E-state index in [2.05, 4.69) is 76.3 Å². The number of hydrogen-bond acceptors (Lipinski definition) is 3. The second kappa shape index (κ2) is 7.63. The minimum atomic E-state index is 0.827. The van der Waals surface area contributed by atoms with Crippen molar-refractivity contribution in [2.24, 2.45) is 4.99 Å². The maximum atomic E-state index is 4.89. The largest absolute Gasteiger partial charge is 0.340 e. The van der Waals surface area contributed by atoms with E-state index in [4.69, 9.17) is 4.99 Å². The molecule has 3 nitrogen and oxygen atoms in total. The van der Waals surface area contributed by atoms with Gasteiger partial charge in [0.05, 0.1) is 0 Å². The normalized spacial score (nSPS) is 13.9. The summed E-state index contributed by atoms with van der Waals surface area (Å²) in [6.45, 7) is 10.6. The zero-order valence-electron chi connectivity index (χ0n) is 17.0. The molecule has 0 aliphatic carbocycles. The average molecular weight is 350 g/mol. The van der Waals surface area contributed by atoms with Gasteiger partial charge in [0.25, 0.3) is 0 Å². The Balaban J connectivity index is 2.03. The summed E-state index contributed by atoms with van der Waals surface area (Å²) in [5, 5.41) is 3.67. The molecule has 0 atom stereocenters. The number of aliphatic imine (C=N–C) groups is 1. The number of rotatable bonds is 4. The Hall–Kier alpha value is -2.13. The molecule has 0 amide bonds. The first-order valence-corrected chi connectivity index (χ1v) is 9.58. The fourth-order valence-corrected chi connectivity index (χ4v) is 3.67. The predicted octanol–water partition coefficient (Wildman–Crippen LogP) is 4.65. The molecule has 2 aromatic carbocycles. The molecule has 0 saturated heterocycles. The zero-order chi connectivity index (χ0) is 18.8. The first-order chi connectivity index (χ1) is 12.4. The Kier molecular flexibility index (Phi) is 5.47. The van der Waals surface area contributed by atoms with E-state index in [-0.39, 0.29) is 0 Å². The third kappa shape index (κ3) is 3.83. The molecule has 26 heavy (non-hydrogen) atoms. The molecule has 0 saturated carbocycles. The fourth-order valence-electron chi connectivity index (χ4n) is 3.67. The molecule has 138 valence electrons. The number of fused-ring (bicyclic) bond motifs is 1. The van der Waals surface area contributed by atoms with Gasteiger partial charge in [0, 0.05) is 24.3 Å². The lowest BCUT2D eigenvalue weighted by Gasteiger charge is -2.19. The average Bonchev–Trinajstić information content (AvgIpc) is 2.81. The second-order valence-corrected chi connectivity index (χ2v) is 7.71. The summed E-state index contributed by atoms with van der Waals surface area (Å²) in [6.07, 6.45) is 2.04. The highest BCUT2D eigenvalue weighted by molar-refractivity contribution is 6.09. The van der Waals surface area contributed by atoms with Crippen molar-refractivity contribution in [1.29, 1.82) is 0 Å². The Morgan fingerprint density at radius 3 is 2.35 bits per heavy atom. The van der Waals surface area contributed by atoms with Crippen molar-refractivity contribution in [2.75, 3.05) is 26.0 Å². The molecule has 0 bridgehead atoms. The quantitative estimate of drug-likeness (QED) is 0.870. The molecule has 3 rings (SSSR count). The summed E-state index contributed by atoms with van der Waals surface area (Å²) in [6, 6.07) is 9.18. The topological polar surface area (TPSA) is 27.6 Å². The van der Waals surface area contributed by atoms with Crippen LogP contribution >= 0.6 is 0 Å². The van der Waals surface area contributed by atoms with Crippen LogP contribution in [0.2, 0.25) is 0 Å². The van der Waals surface area contributed by atoms with Gasteiger partial charge in [0.2, 0.25) is 0 Å². The Morgan fingerprint density at radius 1 is 1.04 bits per heavy atom. The van der Waals surface area contributed by atoms with Gasteiger partial charge in [-0.05, 0) is 99.3 Å². The molecule has 1 N–H and O–H groups in total. The van der Waals surface area contributed by atoms with E-state index in [1.165, 1.54) is 44.6 Å². The van der Waals surface area contributed by atoms with E-state index >= 15 is 0 Å². The fraction of sp³-hybridized carbons (Fsp3) is 0.435. The monoisotopic (exact) mass is 349 g/mol. The van der Waals surface area contributed by atoms with Crippen LogP contribution in [-0.4, -0.2) is 31.4 Å². The molecular weight excluding hydrogens is 318 g/mol. The summed E-state index contributed by atoms with van der Waals surface area (Å²) in [4.78, 5) is 7.13. The molecule has 0 radical (unpaired) electrons. The van der Waals surface area contributed by atoms with Crippen molar-refractivity contribution >= 4 is 11.5 Å². The molecule has 0 fully saturated rings. The molecule has 0 spiro atoms. The van der Waals surface area contributed by atoms with Gasteiger partial charge in [-0.25, -0.2) is 0 Å². The van der Waals surface area contributed by atoms with Crippen LogP contribution in [0.15, 0.2) is 29.3 Å². The zero-order valence-corrected chi connectivity index (χ0v) is 17.0. The molecule has 2 aromatic rings. The lowest BCUT2D eigenvalue weighted by atomic mass is 9.97. The number of anilines is 1. The van der Waals surface area contributed by atoms with Gasteiger partial charge >= 0.3 is 0 Å². The van der Waals surface area contributed by atoms with Gasteiger partial charge < -0.3 is 10.2 Å². The smallest absolute Gasteiger partial charge is 0.132 e. The van der Waals surface area contributed by atoms with E-state index in [1.54, 1.807) is 0 Å². The van der Waals surface area contributed by atoms with Crippen molar-refractivity contribution in [1.82, 2.24) is 4.90 Å². The number of amidine groups is 1. The van der Waals surface area contributed by atoms with Gasteiger partial charge in [0.1, 0.15) is 5.84 Å². The summed E-state index contributed by atoms with van der Waals surface area (Å²) >= 11 is 0. The van der Waals surface area contributed by atoms with E-state index in [0.29, 0.717) is 0 Å². The van der Waals surface area contributed by atoms with E-state index in [9.17, 15) is 0 Å². The molecule has 3 heteroatoms. The number of benzene rings is 2. The molecular formula is C23H31N3. The lowest BCUT2D eigenvalue weighted by molar-refractivity contribution is 0.401. The van der Waals surface area contributed by atoms with Crippen molar-refractivity contribution in [3.8, 4) is 0 Å². The Labute approximate surface area is 158 Å². The van der Waals surface area contributed by atoms with Crippen LogP contribution in [0.25, 0.3) is 0 Å². The lowest BCUT2D eigenvalue weighted by Crippen LogP contribution is -2.16. The highest BCUT2D eigenvalue weighted by atomic mass is 15.1. The van der Waals surface area contributed by atoms with Gasteiger partial charge in [-0.1, -0.05) is 13.0 Å². The van der Waals surface area contributed by atoms with Crippen molar-refractivity contribution in [3.05, 3.63) is 63.2 Å².